The van der Waals surface area contributed by atoms with Crippen LogP contribution in [0.15, 0.2) is 0 Å². The number of rotatable bonds is 10. The van der Waals surface area contributed by atoms with Crippen LogP contribution in [-0.4, -0.2) is 17.2 Å². The molecule has 0 amide bonds. The third-order valence-corrected chi connectivity index (χ3v) is 13.6. The van der Waals surface area contributed by atoms with Crippen molar-refractivity contribution >= 4 is 17.2 Å². The maximum Gasteiger partial charge on any atom is 0.115 e. The molecule has 0 saturated carbocycles. The molecule has 0 bridgehead atoms. The van der Waals surface area contributed by atoms with Crippen LogP contribution < -0.4 is 4.65 Å². The summed E-state index contributed by atoms with van der Waals surface area (Å²) in [5, 5.41) is 0. The Kier molecular flexibility index (Phi) is 9.66. The van der Waals surface area contributed by atoms with Crippen LogP contribution >= 0.6 is 0 Å². The maximum absolute atomic E-state index is 4.21. The maximum atomic E-state index is 4.21. The van der Waals surface area contributed by atoms with Crippen LogP contribution in [0, 0.1) is 0 Å². The van der Waals surface area contributed by atoms with E-state index in [1.54, 1.807) is 0 Å². The summed E-state index contributed by atoms with van der Waals surface area (Å²) in [6, 6.07) is 5.98. The van der Waals surface area contributed by atoms with Gasteiger partial charge in [0.25, 0.3) is 0 Å². The fraction of sp³-hybridized carbons (Fsp3) is 1.00. The van der Waals surface area contributed by atoms with Crippen LogP contribution in [0.1, 0.15) is 53.4 Å². The summed E-state index contributed by atoms with van der Waals surface area (Å²) in [6.45, 7) is 12.0. The van der Waals surface area contributed by atoms with E-state index in [1.807, 2.05) is 0 Å². The van der Waals surface area contributed by atoms with Crippen molar-refractivity contribution in [2.75, 3.05) is 0 Å². The van der Waals surface area contributed by atoms with Gasteiger partial charge in [-0.15, -0.1) is 0 Å². The predicted octanol–water partition coefficient (Wildman–Crippen LogP) is 4.52. The Balaban J connectivity index is 4.30. The third-order valence-electron chi connectivity index (χ3n) is 3.43. The lowest BCUT2D eigenvalue weighted by Crippen LogP contribution is -2.54. The first kappa shape index (κ1) is 16.4. The molecule has 0 aromatic rings. The Morgan fingerprint density at radius 1 is 0.812 bits per heavy atom. The molecule has 0 saturated heterocycles. The van der Waals surface area contributed by atoms with Crippen LogP contribution in [0.4, 0.5) is 0 Å². The quantitative estimate of drug-likeness (QED) is 0.569. The Bertz CT molecular complexity index is 150. The van der Waals surface area contributed by atoms with Crippen LogP contribution in [0.3, 0.4) is 0 Å². The molecule has 0 unspecified atom stereocenters. The van der Waals surface area contributed by atoms with Crippen molar-refractivity contribution in [1.82, 2.24) is 4.65 Å². The molecular weight excluding hydrogens is 226 g/mol. The van der Waals surface area contributed by atoms with Crippen LogP contribution in [0.5, 0.6) is 0 Å². The van der Waals surface area contributed by atoms with Crippen molar-refractivity contribution in [2.45, 2.75) is 84.1 Å². The molecule has 0 aromatic heterocycles. The van der Waals surface area contributed by atoms with E-state index in [4.69, 9.17) is 0 Å². The average Bonchev–Trinajstić information content (AvgIpc) is 2.18. The van der Waals surface area contributed by atoms with Gasteiger partial charge in [-0.1, -0.05) is 59.9 Å². The molecule has 0 radical (unpaired) electrons. The highest BCUT2D eigenvalue weighted by Gasteiger charge is 2.27. The van der Waals surface area contributed by atoms with Gasteiger partial charge >= 0.3 is 0 Å². The molecule has 0 aliphatic heterocycles. The van der Waals surface area contributed by atoms with Gasteiger partial charge in [0.1, 0.15) is 17.2 Å². The minimum Gasteiger partial charge on any atom is -0.361 e. The van der Waals surface area contributed by atoms with Crippen LogP contribution in [0.25, 0.3) is 0 Å². The van der Waals surface area contributed by atoms with Gasteiger partial charge in [0, 0.05) is 0 Å². The van der Waals surface area contributed by atoms with E-state index in [0.717, 1.165) is 0 Å². The molecule has 1 nitrogen and oxygen atoms in total. The molecule has 0 aliphatic rings. The van der Waals surface area contributed by atoms with E-state index >= 15 is 0 Å². The second-order valence-electron chi connectivity index (χ2n) is 5.48. The van der Waals surface area contributed by atoms with E-state index in [-0.39, 0.29) is 0 Å². The van der Waals surface area contributed by atoms with E-state index in [2.05, 4.69) is 38.9 Å². The normalized spacial score (nSPS) is 12.4. The zero-order valence-electron chi connectivity index (χ0n) is 12.2. The van der Waals surface area contributed by atoms with Gasteiger partial charge < -0.3 is 4.65 Å². The summed E-state index contributed by atoms with van der Waals surface area (Å²) < 4.78 is 4.21. The fourth-order valence-electron chi connectivity index (χ4n) is 2.85. The van der Waals surface area contributed by atoms with Gasteiger partial charge in [-0.05, 0) is 24.2 Å². The molecule has 0 aliphatic carbocycles. The lowest BCUT2D eigenvalue weighted by atomic mass is 10.6. The molecule has 0 aromatic carbocycles. The Hall–Kier alpha value is 0.394. The predicted molar refractivity (Wildman–Crippen MR) is 82.3 cm³/mol. The molecule has 98 valence electrons. The summed E-state index contributed by atoms with van der Waals surface area (Å²) >= 11 is 0. The molecule has 0 spiro atoms. The Labute approximate surface area is 106 Å². The van der Waals surface area contributed by atoms with E-state index < -0.39 is 17.2 Å². The van der Waals surface area contributed by atoms with Gasteiger partial charge in [-0.3, -0.25) is 0 Å². The van der Waals surface area contributed by atoms with E-state index in [9.17, 15) is 0 Å². The first-order valence-electron chi connectivity index (χ1n) is 7.39. The Morgan fingerprint density at radius 2 is 1.25 bits per heavy atom. The van der Waals surface area contributed by atoms with Gasteiger partial charge in [0.05, 0.1) is 0 Å². The van der Waals surface area contributed by atoms with Crippen molar-refractivity contribution in [3.8, 4) is 0 Å². The van der Waals surface area contributed by atoms with E-state index in [0.29, 0.717) is 0 Å². The zero-order valence-corrected chi connectivity index (χ0v) is 14.4. The number of hydrogen-bond donors (Lipinski definition) is 1. The SMILES string of the molecule is CCC[SiH](CCC)N[Si](C)(CCC)CCC. The second kappa shape index (κ2) is 9.43. The summed E-state index contributed by atoms with van der Waals surface area (Å²) in [4.78, 5) is 0. The highest BCUT2D eigenvalue weighted by molar-refractivity contribution is 6.85. The number of hydrogen-bond acceptors (Lipinski definition) is 1. The van der Waals surface area contributed by atoms with Crippen molar-refractivity contribution in [1.29, 1.82) is 0 Å². The standard InChI is InChI=1S/C13H33NSi2/c1-6-10-15(11-7-2)14-16(5,12-8-3)13-9-4/h14-15H,6-13H2,1-5H3. The van der Waals surface area contributed by atoms with Crippen LogP contribution in [-0.2, 0) is 0 Å². The Morgan fingerprint density at radius 3 is 1.56 bits per heavy atom. The number of nitrogens with one attached hydrogen (secondary N) is 1. The minimum absolute atomic E-state index is 0.610. The summed E-state index contributed by atoms with van der Waals surface area (Å²) in [7, 11) is -1.69. The molecule has 0 fully saturated rings. The van der Waals surface area contributed by atoms with Crippen molar-refractivity contribution in [3.05, 3.63) is 0 Å². The first-order valence-corrected chi connectivity index (χ1v) is 12.5. The molecule has 0 heterocycles. The van der Waals surface area contributed by atoms with E-state index in [1.165, 1.54) is 49.9 Å². The van der Waals surface area contributed by atoms with Crippen molar-refractivity contribution in [2.24, 2.45) is 0 Å². The van der Waals surface area contributed by atoms with Crippen LogP contribution in [0.2, 0.25) is 30.7 Å². The second-order valence-corrected chi connectivity index (χ2v) is 13.3. The summed E-state index contributed by atoms with van der Waals surface area (Å²) in [5.41, 5.74) is 0. The molecule has 16 heavy (non-hydrogen) atoms. The summed E-state index contributed by atoms with van der Waals surface area (Å²) in [6.07, 6.45) is 5.50. The third kappa shape index (κ3) is 6.87. The topological polar surface area (TPSA) is 12.0 Å². The minimum atomic E-state index is -1.08. The lowest BCUT2D eigenvalue weighted by molar-refractivity contribution is 0.932. The van der Waals surface area contributed by atoms with Gasteiger partial charge in [-0.25, -0.2) is 0 Å². The van der Waals surface area contributed by atoms with Gasteiger partial charge in [-0.2, -0.15) is 0 Å². The highest BCUT2D eigenvalue weighted by Crippen LogP contribution is 2.19. The molecule has 3 heteroatoms. The smallest absolute Gasteiger partial charge is 0.115 e. The molecular formula is C13H33NSi2. The van der Waals surface area contributed by atoms with Crippen molar-refractivity contribution in [3.63, 3.8) is 0 Å². The van der Waals surface area contributed by atoms with Crippen molar-refractivity contribution < 1.29 is 0 Å². The lowest BCUT2D eigenvalue weighted by Gasteiger charge is -2.32. The largest absolute Gasteiger partial charge is 0.361 e. The molecule has 1 N–H and O–H groups in total. The molecule has 0 rings (SSSR count). The monoisotopic (exact) mass is 259 g/mol. The zero-order chi connectivity index (χ0) is 12.4. The van der Waals surface area contributed by atoms with Gasteiger partial charge in [0.15, 0.2) is 0 Å². The average molecular weight is 260 g/mol. The molecule has 0 atom stereocenters. The first-order chi connectivity index (χ1) is 7.61. The van der Waals surface area contributed by atoms with Gasteiger partial charge in [0.2, 0.25) is 0 Å². The highest BCUT2D eigenvalue weighted by atomic mass is 28.4. The fourth-order valence-corrected chi connectivity index (χ4v) is 13.2. The summed E-state index contributed by atoms with van der Waals surface area (Å²) in [5.74, 6) is 0.